The number of hydrogen-bond acceptors (Lipinski definition) is 2. The molecule has 0 amide bonds. The SMILES string of the molecule is CCC(C)(C)[S-].CCC(C)(C)[S-].C[CH]CC.C[CH]CC.[Sn+2]. The number of rotatable bonds is 4. The monoisotopic (exact) mass is 440 g/mol. The molecular weight excluding hydrogens is 399 g/mol. The summed E-state index contributed by atoms with van der Waals surface area (Å²) >= 11 is 9.97. The third-order valence-electron chi connectivity index (χ3n) is 2.52. The Kier molecular flexibility index (Phi) is 38.4. The van der Waals surface area contributed by atoms with Gasteiger partial charge in [0.25, 0.3) is 0 Å². The van der Waals surface area contributed by atoms with Gasteiger partial charge < -0.3 is 25.3 Å². The summed E-state index contributed by atoms with van der Waals surface area (Å²) < 4.78 is 0.250. The van der Waals surface area contributed by atoms with E-state index >= 15 is 0 Å². The van der Waals surface area contributed by atoms with E-state index in [0.29, 0.717) is 0 Å². The van der Waals surface area contributed by atoms with Crippen molar-refractivity contribution in [1.29, 1.82) is 0 Å². The molecule has 128 valence electrons. The Morgan fingerprint density at radius 3 is 0.762 bits per heavy atom. The van der Waals surface area contributed by atoms with Crippen LogP contribution in [0.5, 0.6) is 0 Å². The van der Waals surface area contributed by atoms with Crippen molar-refractivity contribution in [2.75, 3.05) is 0 Å². The van der Waals surface area contributed by atoms with Crippen LogP contribution in [0.25, 0.3) is 0 Å². The molecule has 0 rings (SSSR count). The molecule has 4 radical (unpaired) electrons. The van der Waals surface area contributed by atoms with Crippen LogP contribution >= 0.6 is 0 Å². The van der Waals surface area contributed by atoms with Crippen LogP contribution in [0.15, 0.2) is 0 Å². The molecule has 0 bridgehead atoms. The van der Waals surface area contributed by atoms with Gasteiger partial charge >= 0.3 is 23.9 Å². The van der Waals surface area contributed by atoms with Crippen LogP contribution in [0.4, 0.5) is 0 Å². The second-order valence-electron chi connectivity index (χ2n) is 5.86. The molecule has 0 aromatic heterocycles. The molecule has 0 unspecified atom stereocenters. The summed E-state index contributed by atoms with van der Waals surface area (Å²) in [4.78, 5) is 0. The largest absolute Gasteiger partial charge is 2.00 e. The van der Waals surface area contributed by atoms with Crippen LogP contribution in [0.3, 0.4) is 0 Å². The van der Waals surface area contributed by atoms with Crippen molar-refractivity contribution in [1.82, 2.24) is 0 Å². The van der Waals surface area contributed by atoms with Crippen LogP contribution in [-0.4, -0.2) is 33.4 Å². The topological polar surface area (TPSA) is 0 Å². The minimum absolute atomic E-state index is 0. The van der Waals surface area contributed by atoms with Crippen molar-refractivity contribution < 1.29 is 0 Å². The molecule has 3 heteroatoms. The van der Waals surface area contributed by atoms with Crippen molar-refractivity contribution in [3.05, 3.63) is 12.8 Å². The zero-order chi connectivity index (χ0) is 17.2. The van der Waals surface area contributed by atoms with Crippen molar-refractivity contribution in [3.8, 4) is 0 Å². The first kappa shape index (κ1) is 34.0. The summed E-state index contributed by atoms with van der Waals surface area (Å²) in [5.41, 5.74) is 0. The fraction of sp³-hybridized carbons (Fsp3) is 0.889. The van der Waals surface area contributed by atoms with E-state index in [-0.39, 0.29) is 33.4 Å². The Morgan fingerprint density at radius 1 is 0.667 bits per heavy atom. The van der Waals surface area contributed by atoms with Crippen LogP contribution in [0, 0.1) is 12.8 Å². The Labute approximate surface area is 165 Å². The summed E-state index contributed by atoms with van der Waals surface area (Å²) in [6.07, 6.45) is 8.81. The smallest absolute Gasteiger partial charge is 0.786 e. The van der Waals surface area contributed by atoms with Gasteiger partial charge in [0.2, 0.25) is 0 Å². The molecule has 0 aliphatic carbocycles. The minimum Gasteiger partial charge on any atom is -0.786 e. The first-order valence-corrected chi connectivity index (χ1v) is 8.73. The van der Waals surface area contributed by atoms with Crippen molar-refractivity contribution >= 4 is 49.2 Å². The third-order valence-corrected chi connectivity index (χ3v) is 3.10. The second-order valence-corrected chi connectivity index (χ2v) is 8.07. The van der Waals surface area contributed by atoms with Gasteiger partial charge in [-0.15, -0.1) is 0 Å². The first-order chi connectivity index (χ1) is 8.95. The van der Waals surface area contributed by atoms with Crippen molar-refractivity contribution in [2.45, 2.75) is 104 Å². The molecule has 0 saturated carbocycles. The third kappa shape index (κ3) is 90.6. The quantitative estimate of drug-likeness (QED) is 0.372. The van der Waals surface area contributed by atoms with Crippen LogP contribution in [0.2, 0.25) is 0 Å². The Balaban J connectivity index is -0.0000000544. The zero-order valence-corrected chi connectivity index (χ0v) is 20.8. The van der Waals surface area contributed by atoms with E-state index in [2.05, 4.69) is 82.1 Å². The Morgan fingerprint density at radius 2 is 0.762 bits per heavy atom. The molecule has 0 nitrogen and oxygen atoms in total. The van der Waals surface area contributed by atoms with Gasteiger partial charge in [0.05, 0.1) is 0 Å². The summed E-state index contributed by atoms with van der Waals surface area (Å²) in [6, 6.07) is 0. The summed E-state index contributed by atoms with van der Waals surface area (Å²) in [7, 11) is 0. The van der Waals surface area contributed by atoms with E-state index in [1.807, 2.05) is 0 Å². The zero-order valence-electron chi connectivity index (χ0n) is 16.3. The van der Waals surface area contributed by atoms with Gasteiger partial charge in [0.15, 0.2) is 0 Å². The number of hydrogen-bond donors (Lipinski definition) is 0. The van der Waals surface area contributed by atoms with Crippen LogP contribution in [-0.2, 0) is 25.3 Å². The molecule has 0 aromatic carbocycles. The molecule has 0 heterocycles. The average Bonchev–Trinajstić information content (AvgIpc) is 2.38. The molecule has 0 spiro atoms. The fourth-order valence-corrected chi connectivity index (χ4v) is 0. The van der Waals surface area contributed by atoms with Gasteiger partial charge in [-0.3, -0.25) is 0 Å². The van der Waals surface area contributed by atoms with Crippen molar-refractivity contribution in [2.24, 2.45) is 0 Å². The maximum absolute atomic E-state index is 4.99. The molecule has 21 heavy (non-hydrogen) atoms. The maximum Gasteiger partial charge on any atom is 2.00 e. The molecule has 0 atom stereocenters. The molecular formula is C18H40S2Sn. The van der Waals surface area contributed by atoms with Crippen LogP contribution < -0.4 is 0 Å². The van der Waals surface area contributed by atoms with E-state index in [9.17, 15) is 0 Å². The van der Waals surface area contributed by atoms with Gasteiger partial charge in [-0.25, -0.2) is 0 Å². The van der Waals surface area contributed by atoms with Gasteiger partial charge in [-0.2, -0.15) is 9.49 Å². The van der Waals surface area contributed by atoms with E-state index in [0.717, 1.165) is 12.8 Å². The van der Waals surface area contributed by atoms with Gasteiger partial charge in [0, 0.05) is 0 Å². The van der Waals surface area contributed by atoms with E-state index in [4.69, 9.17) is 25.3 Å². The Bertz CT molecular complexity index is 124. The molecule has 0 aromatic rings. The second kappa shape index (κ2) is 23.8. The minimum atomic E-state index is 0. The van der Waals surface area contributed by atoms with E-state index in [1.165, 1.54) is 12.8 Å². The normalized spacial score (nSPS) is 9.71. The van der Waals surface area contributed by atoms with Gasteiger partial charge in [-0.05, 0) is 12.8 Å². The molecule has 0 fully saturated rings. The molecule has 0 saturated heterocycles. The van der Waals surface area contributed by atoms with Gasteiger partial charge in [0.1, 0.15) is 0 Å². The summed E-state index contributed by atoms with van der Waals surface area (Å²) in [5.74, 6) is 0. The Hall–Kier alpha value is 1.50. The van der Waals surface area contributed by atoms with Crippen molar-refractivity contribution in [3.63, 3.8) is 0 Å². The van der Waals surface area contributed by atoms with E-state index < -0.39 is 0 Å². The summed E-state index contributed by atoms with van der Waals surface area (Å²) in [5, 5.41) is 0. The maximum atomic E-state index is 4.99. The standard InChI is InChI=1S/2C5H12S.2C4H9.Sn/c2*1-4-5(2,3)6;2*1-3-4-2;/h2*6H,4H2,1-3H3;2*3H,4H2,1-2H3;/q;;;;+2/p-2. The average molecular weight is 439 g/mol. The molecule has 0 N–H and O–H groups in total. The predicted molar refractivity (Wildman–Crippen MR) is 110 cm³/mol. The molecule has 0 aliphatic rings. The summed E-state index contributed by atoms with van der Waals surface area (Å²) in [6.45, 7) is 20.8. The fourth-order valence-electron chi connectivity index (χ4n) is 0. The van der Waals surface area contributed by atoms with Gasteiger partial charge in [-0.1, -0.05) is 94.9 Å². The predicted octanol–water partition coefficient (Wildman–Crippen LogP) is 6.30. The van der Waals surface area contributed by atoms with Crippen LogP contribution in [0.1, 0.15) is 94.9 Å². The first-order valence-electron chi connectivity index (χ1n) is 7.91. The van der Waals surface area contributed by atoms with E-state index in [1.54, 1.807) is 0 Å². The molecule has 0 aliphatic heterocycles. The number of unbranched alkanes of at least 4 members (excludes halogenated alkanes) is 2.